The van der Waals surface area contributed by atoms with Crippen molar-refractivity contribution in [1.29, 1.82) is 0 Å². The quantitative estimate of drug-likeness (QED) is 0.217. The van der Waals surface area contributed by atoms with Crippen LogP contribution < -0.4 is 0 Å². The first-order chi connectivity index (χ1) is 17.3. The summed E-state index contributed by atoms with van der Waals surface area (Å²) in [4.78, 5) is 5.20. The molecule has 0 spiro atoms. The average molecular weight is 445 g/mol. The van der Waals surface area contributed by atoms with E-state index in [2.05, 4.69) is 101 Å². The fraction of sp³-hybridized carbons (Fsp3) is 0.0606. The molecule has 2 aromatic heterocycles. The van der Waals surface area contributed by atoms with E-state index in [4.69, 9.17) is 4.98 Å². The van der Waals surface area contributed by atoms with Crippen LogP contribution in [0.2, 0.25) is 0 Å². The van der Waals surface area contributed by atoms with Crippen molar-refractivity contribution in [3.8, 4) is 22.3 Å². The molecule has 0 unspecified atom stereocenters. The van der Waals surface area contributed by atoms with Crippen molar-refractivity contribution in [2.24, 2.45) is 0 Å². The highest BCUT2D eigenvalue weighted by Gasteiger charge is 2.29. The molecule has 0 radical (unpaired) electrons. The minimum absolute atomic E-state index is 0.986. The van der Waals surface area contributed by atoms with Crippen LogP contribution in [0.5, 0.6) is 0 Å². The number of benzene rings is 5. The Balaban J connectivity index is 1.40. The molecule has 0 saturated heterocycles. The SMILES string of the molecule is c1ccc2c(c1)Cc1c-2ccc2c1-c1cc3c(cc1C2)nc1c2ccccc2c2ccccc2n31. The first-order valence-corrected chi connectivity index (χ1v) is 12.3. The van der Waals surface area contributed by atoms with E-state index in [1.165, 1.54) is 71.7 Å². The van der Waals surface area contributed by atoms with Gasteiger partial charge in [-0.3, -0.25) is 4.40 Å². The summed E-state index contributed by atoms with van der Waals surface area (Å²) in [6, 6.07) is 35.7. The molecule has 35 heavy (non-hydrogen) atoms. The molecule has 162 valence electrons. The van der Waals surface area contributed by atoms with Gasteiger partial charge in [0.25, 0.3) is 0 Å². The fourth-order valence-corrected chi connectivity index (χ4v) is 6.73. The molecule has 0 N–H and O–H groups in total. The maximum Gasteiger partial charge on any atom is 0.146 e. The Bertz CT molecular complexity index is 2060. The molecular formula is C33H20N2. The van der Waals surface area contributed by atoms with Gasteiger partial charge in [0, 0.05) is 10.8 Å². The molecule has 5 aromatic carbocycles. The lowest BCUT2D eigenvalue weighted by atomic mass is 9.95. The molecule has 2 heteroatoms. The van der Waals surface area contributed by atoms with Crippen LogP contribution in [-0.4, -0.2) is 9.38 Å². The van der Waals surface area contributed by atoms with Gasteiger partial charge >= 0.3 is 0 Å². The Morgan fingerprint density at radius 2 is 1.34 bits per heavy atom. The molecule has 0 saturated carbocycles. The first kappa shape index (κ1) is 18.0. The largest absolute Gasteiger partial charge is 0.292 e. The lowest BCUT2D eigenvalue weighted by Crippen LogP contribution is -1.92. The Labute approximate surface area is 202 Å². The highest BCUT2D eigenvalue weighted by Crippen LogP contribution is 2.48. The van der Waals surface area contributed by atoms with Gasteiger partial charge in [0.15, 0.2) is 0 Å². The van der Waals surface area contributed by atoms with Gasteiger partial charge in [-0.1, -0.05) is 78.9 Å². The molecule has 0 fully saturated rings. The van der Waals surface area contributed by atoms with E-state index in [0.717, 1.165) is 24.0 Å². The van der Waals surface area contributed by atoms with E-state index in [0.29, 0.717) is 0 Å². The number of hydrogen-bond acceptors (Lipinski definition) is 1. The predicted octanol–water partition coefficient (Wildman–Crippen LogP) is 7.94. The van der Waals surface area contributed by atoms with Gasteiger partial charge in [-0.2, -0.15) is 0 Å². The van der Waals surface area contributed by atoms with Crippen molar-refractivity contribution < 1.29 is 0 Å². The molecule has 2 nitrogen and oxygen atoms in total. The minimum Gasteiger partial charge on any atom is -0.292 e. The third kappa shape index (κ3) is 2.18. The number of fused-ring (bicyclic) bond motifs is 15. The monoisotopic (exact) mass is 444 g/mol. The van der Waals surface area contributed by atoms with Crippen LogP contribution in [0.4, 0.5) is 0 Å². The van der Waals surface area contributed by atoms with Crippen molar-refractivity contribution in [3.05, 3.63) is 119 Å². The van der Waals surface area contributed by atoms with Crippen molar-refractivity contribution in [3.63, 3.8) is 0 Å². The smallest absolute Gasteiger partial charge is 0.146 e. The topological polar surface area (TPSA) is 17.3 Å². The summed E-state index contributed by atoms with van der Waals surface area (Å²) in [6.45, 7) is 0. The van der Waals surface area contributed by atoms with Crippen LogP contribution in [0.15, 0.2) is 97.1 Å². The third-order valence-corrected chi connectivity index (χ3v) is 8.21. The number of aromatic nitrogens is 2. The maximum absolute atomic E-state index is 5.20. The average Bonchev–Trinajstić information content (AvgIpc) is 3.58. The van der Waals surface area contributed by atoms with Gasteiger partial charge in [0.1, 0.15) is 5.65 Å². The van der Waals surface area contributed by atoms with E-state index in [1.807, 2.05) is 0 Å². The number of para-hydroxylation sites is 1. The molecule has 0 bridgehead atoms. The maximum atomic E-state index is 5.20. The second-order valence-electron chi connectivity index (χ2n) is 9.97. The molecule has 2 aliphatic rings. The second kappa shape index (κ2) is 6.17. The highest BCUT2D eigenvalue weighted by molar-refractivity contribution is 6.14. The summed E-state index contributed by atoms with van der Waals surface area (Å²) >= 11 is 0. The minimum atomic E-state index is 0.986. The fourth-order valence-electron chi connectivity index (χ4n) is 6.73. The lowest BCUT2D eigenvalue weighted by Gasteiger charge is -2.10. The Morgan fingerprint density at radius 1 is 0.543 bits per heavy atom. The standard InChI is InChI=1S/C33H20N2/c1-2-8-22-19(7-1)16-28-24(22)14-13-20-15-21-17-29-31(18-27(21)32(20)28)35-30-12-6-5-10-25(30)23-9-3-4-11-26(23)33(35)34-29/h1-14,17-18H,15-16H2. The molecule has 2 heterocycles. The second-order valence-corrected chi connectivity index (χ2v) is 9.97. The van der Waals surface area contributed by atoms with Crippen LogP contribution >= 0.6 is 0 Å². The highest BCUT2D eigenvalue weighted by atomic mass is 15.0. The van der Waals surface area contributed by atoms with E-state index in [1.54, 1.807) is 0 Å². The zero-order valence-electron chi connectivity index (χ0n) is 19.0. The van der Waals surface area contributed by atoms with Gasteiger partial charge in [-0.15, -0.1) is 0 Å². The molecule has 0 atom stereocenters. The van der Waals surface area contributed by atoms with Gasteiger partial charge in [-0.05, 0) is 80.9 Å². The molecule has 7 aromatic rings. The number of hydrogen-bond donors (Lipinski definition) is 0. The van der Waals surface area contributed by atoms with Crippen LogP contribution in [-0.2, 0) is 12.8 Å². The van der Waals surface area contributed by atoms with E-state index in [-0.39, 0.29) is 0 Å². The summed E-state index contributed by atoms with van der Waals surface area (Å²) in [5, 5.41) is 3.74. The summed E-state index contributed by atoms with van der Waals surface area (Å²) < 4.78 is 2.38. The Morgan fingerprint density at radius 3 is 2.29 bits per heavy atom. The molecular weight excluding hydrogens is 424 g/mol. The molecule has 9 rings (SSSR count). The number of imidazole rings is 1. The van der Waals surface area contributed by atoms with E-state index < -0.39 is 0 Å². The molecule has 0 amide bonds. The third-order valence-electron chi connectivity index (χ3n) is 8.21. The zero-order valence-corrected chi connectivity index (χ0v) is 19.0. The van der Waals surface area contributed by atoms with Crippen molar-refractivity contribution in [2.45, 2.75) is 12.8 Å². The summed E-state index contributed by atoms with van der Waals surface area (Å²) in [5.74, 6) is 0. The van der Waals surface area contributed by atoms with Crippen LogP contribution in [0.1, 0.15) is 22.3 Å². The summed E-state index contributed by atoms with van der Waals surface area (Å²) in [6.07, 6.45) is 2.01. The molecule has 0 aliphatic heterocycles. The Hall–Kier alpha value is -4.43. The number of nitrogens with zero attached hydrogens (tertiary/aromatic N) is 2. The van der Waals surface area contributed by atoms with Crippen LogP contribution in [0, 0.1) is 0 Å². The van der Waals surface area contributed by atoms with Gasteiger partial charge < -0.3 is 0 Å². The van der Waals surface area contributed by atoms with Gasteiger partial charge in [0.2, 0.25) is 0 Å². The van der Waals surface area contributed by atoms with Crippen molar-refractivity contribution >= 4 is 38.4 Å². The Kier molecular flexibility index (Phi) is 3.16. The molecule has 2 aliphatic carbocycles. The predicted molar refractivity (Wildman–Crippen MR) is 144 cm³/mol. The van der Waals surface area contributed by atoms with Gasteiger partial charge in [-0.25, -0.2) is 4.98 Å². The van der Waals surface area contributed by atoms with E-state index >= 15 is 0 Å². The van der Waals surface area contributed by atoms with Crippen molar-refractivity contribution in [1.82, 2.24) is 9.38 Å². The van der Waals surface area contributed by atoms with E-state index in [9.17, 15) is 0 Å². The lowest BCUT2D eigenvalue weighted by molar-refractivity contribution is 1.23. The van der Waals surface area contributed by atoms with Crippen LogP contribution in [0.3, 0.4) is 0 Å². The summed E-state index contributed by atoms with van der Waals surface area (Å²) in [7, 11) is 0. The zero-order chi connectivity index (χ0) is 22.7. The van der Waals surface area contributed by atoms with Crippen molar-refractivity contribution in [2.75, 3.05) is 0 Å². The summed E-state index contributed by atoms with van der Waals surface area (Å²) in [5.41, 5.74) is 16.0. The number of pyridine rings is 1. The van der Waals surface area contributed by atoms with Crippen LogP contribution in [0.25, 0.3) is 60.6 Å². The normalized spacial score (nSPS) is 13.5. The first-order valence-electron chi connectivity index (χ1n) is 12.3. The number of rotatable bonds is 0. The van der Waals surface area contributed by atoms with Gasteiger partial charge in [0.05, 0.1) is 16.6 Å².